The topological polar surface area (TPSA) is 70.2 Å². The van der Waals surface area contributed by atoms with Crippen LogP contribution in [-0.2, 0) is 0 Å². The van der Waals surface area contributed by atoms with Crippen molar-refractivity contribution in [3.05, 3.63) is 33.9 Å². The van der Waals surface area contributed by atoms with Gasteiger partial charge in [-0.25, -0.2) is 0 Å². The summed E-state index contributed by atoms with van der Waals surface area (Å²) in [7, 11) is 0. The molecule has 0 amide bonds. The second kappa shape index (κ2) is 4.13. The van der Waals surface area contributed by atoms with Crippen LogP contribution in [0.15, 0.2) is 18.2 Å². The molecule has 1 heterocycles. The zero-order valence-corrected chi connectivity index (χ0v) is 9.58. The van der Waals surface area contributed by atoms with Gasteiger partial charge in [0.2, 0.25) is 0 Å². The summed E-state index contributed by atoms with van der Waals surface area (Å²) in [4.78, 5) is 12.2. The van der Waals surface area contributed by atoms with Crippen molar-refractivity contribution < 1.29 is 4.92 Å². The van der Waals surface area contributed by atoms with Crippen LogP contribution in [0, 0.1) is 22.4 Å². The van der Waals surface area contributed by atoms with E-state index in [1.807, 2.05) is 13.0 Å². The zero-order chi connectivity index (χ0) is 11.7. The summed E-state index contributed by atoms with van der Waals surface area (Å²) in [6.45, 7) is 2.48. The smallest absolute Gasteiger partial charge is 0.293 e. The second-order valence-electron chi connectivity index (χ2n) is 3.55. The molecule has 1 saturated heterocycles. The fourth-order valence-corrected chi connectivity index (χ4v) is 2.46. The number of thioether (sulfide) groups is 1. The van der Waals surface area contributed by atoms with Crippen LogP contribution in [0.1, 0.15) is 5.56 Å². The molecule has 5 nitrogen and oxygen atoms in total. The molecule has 0 aliphatic carbocycles. The molecule has 0 unspecified atom stereocenters. The van der Waals surface area contributed by atoms with Gasteiger partial charge in [-0.2, -0.15) is 0 Å². The van der Waals surface area contributed by atoms with Crippen LogP contribution in [0.2, 0.25) is 0 Å². The summed E-state index contributed by atoms with van der Waals surface area (Å²) in [6, 6.07) is 5.10. The van der Waals surface area contributed by atoms with Crippen molar-refractivity contribution in [2.75, 3.05) is 17.2 Å². The predicted octanol–water partition coefficient (Wildman–Crippen LogP) is 2.39. The van der Waals surface area contributed by atoms with E-state index in [4.69, 9.17) is 5.41 Å². The Balaban J connectivity index is 2.47. The molecule has 1 aromatic carbocycles. The molecule has 84 valence electrons. The van der Waals surface area contributed by atoms with Crippen LogP contribution in [0.25, 0.3) is 0 Å². The number of benzene rings is 1. The van der Waals surface area contributed by atoms with Gasteiger partial charge in [0.1, 0.15) is 5.69 Å². The van der Waals surface area contributed by atoms with E-state index in [0.29, 0.717) is 17.4 Å². The molecular weight excluding hydrogens is 226 g/mol. The molecule has 0 saturated carbocycles. The molecule has 1 N–H and O–H groups in total. The average molecular weight is 237 g/mol. The van der Waals surface area contributed by atoms with E-state index in [0.717, 1.165) is 11.3 Å². The van der Waals surface area contributed by atoms with E-state index in [-0.39, 0.29) is 5.69 Å². The molecule has 1 aliphatic heterocycles. The van der Waals surface area contributed by atoms with Gasteiger partial charge in [-0.1, -0.05) is 17.8 Å². The number of nitrogens with one attached hydrogen (secondary N) is 1. The van der Waals surface area contributed by atoms with Crippen molar-refractivity contribution >= 4 is 28.3 Å². The fraction of sp³-hybridized carbons (Fsp3) is 0.300. The van der Waals surface area contributed by atoms with Gasteiger partial charge in [0.15, 0.2) is 5.17 Å². The van der Waals surface area contributed by atoms with Crippen molar-refractivity contribution in [1.29, 1.82) is 5.41 Å². The highest BCUT2D eigenvalue weighted by molar-refractivity contribution is 8.14. The maximum absolute atomic E-state index is 10.9. The lowest BCUT2D eigenvalue weighted by Crippen LogP contribution is -2.23. The van der Waals surface area contributed by atoms with Crippen molar-refractivity contribution in [2.24, 2.45) is 0 Å². The van der Waals surface area contributed by atoms with Crippen LogP contribution < -0.4 is 4.90 Å². The molecule has 16 heavy (non-hydrogen) atoms. The largest absolute Gasteiger partial charge is 0.315 e. The second-order valence-corrected chi connectivity index (χ2v) is 4.64. The number of aryl methyl sites for hydroxylation is 1. The van der Waals surface area contributed by atoms with E-state index >= 15 is 0 Å². The molecule has 2 rings (SSSR count). The number of nitro benzene ring substituents is 1. The highest BCUT2D eigenvalue weighted by Crippen LogP contribution is 2.33. The Bertz CT molecular complexity index is 461. The van der Waals surface area contributed by atoms with E-state index in [1.165, 1.54) is 11.8 Å². The molecular formula is C10H11N3O2S. The Kier molecular flexibility index (Phi) is 2.82. The van der Waals surface area contributed by atoms with Gasteiger partial charge in [-0.3, -0.25) is 15.5 Å². The first-order chi connectivity index (χ1) is 7.59. The van der Waals surface area contributed by atoms with E-state index in [1.54, 1.807) is 17.0 Å². The van der Waals surface area contributed by atoms with Crippen LogP contribution in [-0.4, -0.2) is 22.4 Å². The lowest BCUT2D eigenvalue weighted by Gasteiger charge is -2.16. The molecule has 0 radical (unpaired) electrons. The molecule has 1 aliphatic rings. The zero-order valence-electron chi connectivity index (χ0n) is 8.77. The van der Waals surface area contributed by atoms with Crippen molar-refractivity contribution in [1.82, 2.24) is 0 Å². The van der Waals surface area contributed by atoms with E-state index in [9.17, 15) is 10.1 Å². The number of amidine groups is 1. The predicted molar refractivity (Wildman–Crippen MR) is 65.4 cm³/mol. The molecule has 0 bridgehead atoms. The maximum Gasteiger partial charge on any atom is 0.293 e. The first-order valence-corrected chi connectivity index (χ1v) is 5.82. The maximum atomic E-state index is 10.9. The number of hydrogen-bond acceptors (Lipinski definition) is 4. The lowest BCUT2D eigenvalue weighted by atomic mass is 10.2. The minimum absolute atomic E-state index is 0.0762. The van der Waals surface area contributed by atoms with Crippen molar-refractivity contribution in [3.63, 3.8) is 0 Å². The molecule has 1 aromatic rings. The van der Waals surface area contributed by atoms with Gasteiger partial charge in [0, 0.05) is 18.4 Å². The Morgan fingerprint density at radius 2 is 2.31 bits per heavy atom. The van der Waals surface area contributed by atoms with Crippen LogP contribution in [0.5, 0.6) is 0 Å². The molecule has 0 aromatic heterocycles. The minimum atomic E-state index is -0.390. The molecule has 0 spiro atoms. The third kappa shape index (κ3) is 1.88. The third-order valence-electron chi connectivity index (χ3n) is 2.42. The summed E-state index contributed by atoms with van der Waals surface area (Å²) in [5, 5.41) is 19.0. The Morgan fingerprint density at radius 1 is 1.56 bits per heavy atom. The summed E-state index contributed by atoms with van der Waals surface area (Å²) >= 11 is 1.41. The minimum Gasteiger partial charge on any atom is -0.315 e. The summed E-state index contributed by atoms with van der Waals surface area (Å²) < 4.78 is 0. The Labute approximate surface area is 97.1 Å². The number of hydrogen-bond donors (Lipinski definition) is 1. The molecule has 0 atom stereocenters. The van der Waals surface area contributed by atoms with Crippen molar-refractivity contribution in [2.45, 2.75) is 6.92 Å². The highest BCUT2D eigenvalue weighted by Gasteiger charge is 2.26. The van der Waals surface area contributed by atoms with E-state index < -0.39 is 4.92 Å². The monoisotopic (exact) mass is 237 g/mol. The van der Waals surface area contributed by atoms with Gasteiger partial charge in [-0.15, -0.1) is 0 Å². The summed E-state index contributed by atoms with van der Waals surface area (Å²) in [5.74, 6) is 0.809. The highest BCUT2D eigenvalue weighted by atomic mass is 32.2. The van der Waals surface area contributed by atoms with Gasteiger partial charge >= 0.3 is 0 Å². The van der Waals surface area contributed by atoms with Crippen molar-refractivity contribution in [3.8, 4) is 0 Å². The average Bonchev–Trinajstić information content (AvgIpc) is 2.64. The van der Waals surface area contributed by atoms with Crippen LogP contribution in [0.3, 0.4) is 0 Å². The summed E-state index contributed by atoms with van der Waals surface area (Å²) in [6.07, 6.45) is 0. The normalized spacial score (nSPS) is 15.6. The van der Waals surface area contributed by atoms with Crippen LogP contribution >= 0.6 is 11.8 Å². The quantitative estimate of drug-likeness (QED) is 0.633. The third-order valence-corrected chi connectivity index (χ3v) is 3.30. The Morgan fingerprint density at radius 3 is 2.88 bits per heavy atom. The first kappa shape index (κ1) is 10.9. The lowest BCUT2D eigenvalue weighted by molar-refractivity contribution is -0.384. The van der Waals surface area contributed by atoms with Gasteiger partial charge in [0.25, 0.3) is 5.69 Å². The molecule has 6 heteroatoms. The van der Waals surface area contributed by atoms with Gasteiger partial charge in [-0.05, 0) is 18.6 Å². The van der Waals surface area contributed by atoms with E-state index in [2.05, 4.69) is 0 Å². The Hall–Kier alpha value is -1.56. The standard InChI is InChI=1S/C10H11N3O2S/c1-7-2-3-8(9(6-7)13(14)15)12-4-5-16-10(12)11/h2-3,6,11H,4-5H2,1H3. The first-order valence-electron chi connectivity index (χ1n) is 4.83. The number of nitro groups is 1. The number of nitrogens with zero attached hydrogens (tertiary/aromatic N) is 2. The number of anilines is 1. The fourth-order valence-electron chi connectivity index (χ4n) is 1.65. The summed E-state index contributed by atoms with van der Waals surface area (Å²) in [5.41, 5.74) is 1.45. The van der Waals surface area contributed by atoms with Crippen LogP contribution in [0.4, 0.5) is 11.4 Å². The van der Waals surface area contributed by atoms with Gasteiger partial charge in [0.05, 0.1) is 4.92 Å². The van der Waals surface area contributed by atoms with Gasteiger partial charge < -0.3 is 4.90 Å². The number of rotatable bonds is 2. The SMILES string of the molecule is Cc1ccc(N2CCSC2=N)c([N+](=O)[O-])c1. The molecule has 1 fully saturated rings.